The van der Waals surface area contributed by atoms with Gasteiger partial charge in [0.25, 0.3) is 5.91 Å². The number of hydrogen-bond acceptors (Lipinski definition) is 7. The minimum Gasteiger partial charge on any atom is -0.493 e. The van der Waals surface area contributed by atoms with Crippen molar-refractivity contribution < 1.29 is 23.9 Å². The molecule has 1 N–H and O–H groups in total. The molecule has 0 spiro atoms. The van der Waals surface area contributed by atoms with Crippen LogP contribution in [0, 0.1) is 0 Å². The largest absolute Gasteiger partial charge is 0.493 e. The molecule has 9 nitrogen and oxygen atoms in total. The van der Waals surface area contributed by atoms with E-state index in [4.69, 9.17) is 21.1 Å². The van der Waals surface area contributed by atoms with Crippen LogP contribution in [0.15, 0.2) is 60.8 Å². The second kappa shape index (κ2) is 11.2. The van der Waals surface area contributed by atoms with E-state index in [1.807, 2.05) is 12.1 Å². The average Bonchev–Trinajstić information content (AvgIpc) is 3.34. The van der Waals surface area contributed by atoms with E-state index >= 15 is 0 Å². The molecule has 11 heteroatoms. The fourth-order valence-electron chi connectivity index (χ4n) is 5.21. The lowest BCUT2D eigenvalue weighted by Crippen LogP contribution is -2.59. The maximum Gasteiger partial charge on any atom is 0.257 e. The molecule has 2 aliphatic heterocycles. The Morgan fingerprint density at radius 2 is 1.82 bits per heavy atom. The molecule has 3 heterocycles. The van der Waals surface area contributed by atoms with Crippen molar-refractivity contribution in [3.8, 4) is 11.5 Å². The molecule has 1 fully saturated rings. The molecule has 1 unspecified atom stereocenters. The van der Waals surface area contributed by atoms with Crippen molar-refractivity contribution in [1.29, 1.82) is 0 Å². The number of nitrogens with zero attached hydrogens (tertiary/aromatic N) is 3. The number of thioether (sulfide) groups is 1. The summed E-state index contributed by atoms with van der Waals surface area (Å²) >= 11 is 7.38. The van der Waals surface area contributed by atoms with Gasteiger partial charge in [-0.15, -0.1) is 11.8 Å². The van der Waals surface area contributed by atoms with E-state index in [1.165, 1.54) is 18.9 Å². The van der Waals surface area contributed by atoms with E-state index in [0.717, 1.165) is 5.56 Å². The Labute approximate surface area is 235 Å². The Morgan fingerprint density at radius 3 is 2.56 bits per heavy atom. The molecule has 1 aromatic heterocycles. The Kier molecular flexibility index (Phi) is 7.67. The third kappa shape index (κ3) is 5.02. The molecule has 5 rings (SSSR count). The van der Waals surface area contributed by atoms with Crippen molar-refractivity contribution in [3.63, 3.8) is 0 Å². The lowest BCUT2D eigenvalue weighted by Gasteiger charge is -2.47. The van der Waals surface area contributed by atoms with Crippen molar-refractivity contribution in [1.82, 2.24) is 14.8 Å². The zero-order chi connectivity index (χ0) is 27.6. The summed E-state index contributed by atoms with van der Waals surface area (Å²) in [4.78, 5) is 47.7. The van der Waals surface area contributed by atoms with Crippen LogP contribution in [-0.4, -0.2) is 71.3 Å². The van der Waals surface area contributed by atoms with Crippen molar-refractivity contribution in [2.24, 2.45) is 0 Å². The first-order valence-electron chi connectivity index (χ1n) is 12.3. The van der Waals surface area contributed by atoms with Gasteiger partial charge in [0.2, 0.25) is 11.8 Å². The molecule has 0 radical (unpaired) electrons. The van der Waals surface area contributed by atoms with Crippen molar-refractivity contribution in [2.45, 2.75) is 12.1 Å². The second-order valence-corrected chi connectivity index (χ2v) is 10.5. The van der Waals surface area contributed by atoms with E-state index in [2.05, 4.69) is 10.3 Å². The highest BCUT2D eigenvalue weighted by atomic mass is 35.5. The van der Waals surface area contributed by atoms with Crippen LogP contribution in [0.5, 0.6) is 11.5 Å². The van der Waals surface area contributed by atoms with Gasteiger partial charge in [-0.05, 0) is 42.0 Å². The standard InChI is InChI=1S/C28H27ClN4O5S/c1-37-23-10-9-20(14-24(23)38-2)31-25(34)16-39-17-26(35)32-12-13-33-27(36)21-4-3-11-30-22(21)15-28(32,33)18-5-7-19(29)8-6-18/h3-11,14H,12-13,15-17H2,1-2H3,(H,31,34). The van der Waals surface area contributed by atoms with Crippen LogP contribution in [0.4, 0.5) is 5.69 Å². The number of hydrogen-bond donors (Lipinski definition) is 1. The van der Waals surface area contributed by atoms with E-state index < -0.39 is 5.66 Å². The van der Waals surface area contributed by atoms with E-state index in [9.17, 15) is 14.4 Å². The number of pyridine rings is 1. The van der Waals surface area contributed by atoms with Crippen LogP contribution in [-0.2, 0) is 21.7 Å². The Balaban J connectivity index is 1.31. The van der Waals surface area contributed by atoms with Crippen LogP contribution in [0.2, 0.25) is 5.02 Å². The summed E-state index contributed by atoms with van der Waals surface area (Å²) in [5.74, 6) is 0.647. The number of carbonyl (C=O) groups excluding carboxylic acids is 3. The molecule has 202 valence electrons. The third-order valence-electron chi connectivity index (χ3n) is 6.95. The molecule has 2 aliphatic rings. The van der Waals surface area contributed by atoms with Gasteiger partial charge < -0.3 is 24.6 Å². The summed E-state index contributed by atoms with van der Waals surface area (Å²) in [6, 6.07) is 15.8. The number of carbonyl (C=O) groups is 3. The maximum absolute atomic E-state index is 13.6. The Bertz CT molecular complexity index is 1420. The molecular weight excluding hydrogens is 540 g/mol. The average molecular weight is 567 g/mol. The topological polar surface area (TPSA) is 101 Å². The number of benzene rings is 2. The minimum atomic E-state index is -1.01. The number of ether oxygens (including phenoxy) is 2. The monoisotopic (exact) mass is 566 g/mol. The predicted octanol–water partition coefficient (Wildman–Crippen LogP) is 3.82. The molecule has 39 heavy (non-hydrogen) atoms. The number of aromatic nitrogens is 1. The first-order valence-corrected chi connectivity index (χ1v) is 13.8. The molecule has 0 aliphatic carbocycles. The lowest BCUT2D eigenvalue weighted by atomic mass is 9.86. The van der Waals surface area contributed by atoms with Gasteiger partial charge in [0.15, 0.2) is 11.5 Å². The number of anilines is 1. The number of methoxy groups -OCH3 is 2. The number of amides is 3. The summed E-state index contributed by atoms with van der Waals surface area (Å²) in [6.07, 6.45) is 2.03. The zero-order valence-corrected chi connectivity index (χ0v) is 23.1. The Morgan fingerprint density at radius 1 is 1.05 bits per heavy atom. The van der Waals surface area contributed by atoms with Gasteiger partial charge in [-0.3, -0.25) is 19.4 Å². The minimum absolute atomic E-state index is 0.0752. The molecule has 1 saturated heterocycles. The van der Waals surface area contributed by atoms with Crippen LogP contribution in [0.1, 0.15) is 21.6 Å². The highest BCUT2D eigenvalue weighted by molar-refractivity contribution is 8.00. The normalized spacial score (nSPS) is 17.9. The molecular formula is C28H27ClN4O5S. The molecule has 1 atom stereocenters. The van der Waals surface area contributed by atoms with Crippen molar-refractivity contribution in [2.75, 3.05) is 44.1 Å². The van der Waals surface area contributed by atoms with Crippen LogP contribution in [0.25, 0.3) is 0 Å². The quantitative estimate of drug-likeness (QED) is 0.442. The van der Waals surface area contributed by atoms with E-state index in [-0.39, 0.29) is 29.2 Å². The lowest BCUT2D eigenvalue weighted by molar-refractivity contribution is -0.136. The van der Waals surface area contributed by atoms with Crippen LogP contribution in [0.3, 0.4) is 0 Å². The summed E-state index contributed by atoms with van der Waals surface area (Å²) in [7, 11) is 3.06. The van der Waals surface area contributed by atoms with E-state index in [1.54, 1.807) is 65.6 Å². The fourth-order valence-corrected chi connectivity index (χ4v) is 6.03. The van der Waals surface area contributed by atoms with Crippen molar-refractivity contribution in [3.05, 3.63) is 82.6 Å². The maximum atomic E-state index is 13.6. The van der Waals surface area contributed by atoms with E-state index in [0.29, 0.717) is 53.0 Å². The highest BCUT2D eigenvalue weighted by Gasteiger charge is 2.55. The second-order valence-electron chi connectivity index (χ2n) is 9.11. The van der Waals surface area contributed by atoms with Gasteiger partial charge >= 0.3 is 0 Å². The molecule has 3 amide bonds. The van der Waals surface area contributed by atoms with Gasteiger partial charge in [-0.2, -0.15) is 0 Å². The van der Waals surface area contributed by atoms with Crippen molar-refractivity contribution >= 4 is 46.8 Å². The molecule has 2 aromatic carbocycles. The fraction of sp³-hybridized carbons (Fsp3) is 0.286. The summed E-state index contributed by atoms with van der Waals surface area (Å²) in [5.41, 5.74) is 1.54. The number of rotatable bonds is 8. The summed E-state index contributed by atoms with van der Waals surface area (Å²) in [6.45, 7) is 0.769. The molecule has 0 bridgehead atoms. The zero-order valence-electron chi connectivity index (χ0n) is 21.5. The highest BCUT2D eigenvalue weighted by Crippen LogP contribution is 2.44. The number of fused-ring (bicyclic) bond motifs is 2. The summed E-state index contributed by atoms with van der Waals surface area (Å²) < 4.78 is 10.5. The molecule has 0 saturated carbocycles. The number of halogens is 1. The first kappa shape index (κ1) is 26.8. The smallest absolute Gasteiger partial charge is 0.257 e. The Hall–Kier alpha value is -3.76. The van der Waals surface area contributed by atoms with Gasteiger partial charge in [0.1, 0.15) is 5.66 Å². The van der Waals surface area contributed by atoms with Gasteiger partial charge in [0, 0.05) is 42.5 Å². The third-order valence-corrected chi connectivity index (χ3v) is 8.12. The van der Waals surface area contributed by atoms with Gasteiger partial charge in [-0.1, -0.05) is 23.7 Å². The molecule has 3 aromatic rings. The SMILES string of the molecule is COc1ccc(NC(=O)CSCC(=O)N2CCN3C(=O)c4cccnc4CC23c2ccc(Cl)cc2)cc1OC. The van der Waals surface area contributed by atoms with Crippen LogP contribution < -0.4 is 14.8 Å². The predicted molar refractivity (Wildman–Crippen MR) is 149 cm³/mol. The summed E-state index contributed by atoms with van der Waals surface area (Å²) in [5, 5.41) is 3.38. The van der Waals surface area contributed by atoms with Crippen LogP contribution >= 0.6 is 23.4 Å². The number of nitrogens with one attached hydrogen (secondary N) is 1. The van der Waals surface area contributed by atoms with Gasteiger partial charge in [-0.25, -0.2) is 0 Å². The van der Waals surface area contributed by atoms with Gasteiger partial charge in [0.05, 0.1) is 37.0 Å². The first-order chi connectivity index (χ1) is 18.9.